The summed E-state index contributed by atoms with van der Waals surface area (Å²) < 4.78 is 79.2. The Balaban J connectivity index is 1.34. The zero-order valence-corrected chi connectivity index (χ0v) is 43.6. The van der Waals surface area contributed by atoms with E-state index in [1.807, 2.05) is 0 Å². The molecule has 418 valence electrons. The molecule has 0 N–H and O–H groups in total. The molecule has 24 heteroatoms. The Hall–Kier alpha value is -4.96. The van der Waals surface area contributed by atoms with Crippen molar-refractivity contribution < 1.29 is 75.9 Å². The van der Waals surface area contributed by atoms with Gasteiger partial charge in [-0.1, -0.05) is 24.3 Å². The normalized spacial score (nSPS) is 11.4. The van der Waals surface area contributed by atoms with Crippen molar-refractivity contribution >= 4 is 11.9 Å². The van der Waals surface area contributed by atoms with Crippen molar-refractivity contribution in [1.82, 2.24) is 18.3 Å². The van der Waals surface area contributed by atoms with E-state index in [1.54, 1.807) is 52.3 Å². The number of methoxy groups -OCH3 is 2. The number of benzene rings is 1. The maximum Gasteiger partial charge on any atom is 0.331 e. The smallest absolute Gasteiger partial charge is 0.331 e. The molecule has 0 aliphatic carbocycles. The van der Waals surface area contributed by atoms with Crippen LogP contribution in [0.15, 0.2) is 55.8 Å². The molecule has 2 heterocycles. The summed E-state index contributed by atoms with van der Waals surface area (Å²) in [5, 5.41) is 0. The van der Waals surface area contributed by atoms with Gasteiger partial charge in [0.25, 0.3) is 11.1 Å². The third-order valence-electron chi connectivity index (χ3n) is 10.4. The predicted molar refractivity (Wildman–Crippen MR) is 267 cm³/mol. The first kappa shape index (κ1) is 63.3. The predicted octanol–water partition coefficient (Wildman–Crippen LogP) is 0.372. The number of aryl methyl sites for hydroxylation is 4. The van der Waals surface area contributed by atoms with Crippen molar-refractivity contribution in [3.8, 4) is 0 Å². The Bertz CT molecular complexity index is 2090. The molecule has 0 aliphatic heterocycles. The summed E-state index contributed by atoms with van der Waals surface area (Å²) in [6.07, 6.45) is 2.56. The van der Waals surface area contributed by atoms with E-state index in [1.165, 1.54) is 21.5 Å². The first-order chi connectivity index (χ1) is 36.0. The standard InChI is InChI=1S/C50H78N4O20/c1-41-37-51(10-8-45(55)73-34-32-71-30-28-69-26-24-67-22-20-65-18-16-63-14-12-61-3)49(59)53(47(41)57)39-43-6-5-7-44(36-43)40-54-48(58)42(2)38-52(50(54)60)11-9-46(56)74-35-33-72-31-29-70-27-25-68-23-21-66-19-17-64-15-13-62-4/h5-7,36-38H,8-35,39-40H2,1-4H3. The minimum Gasteiger partial charge on any atom is -0.463 e. The van der Waals surface area contributed by atoms with Crippen molar-refractivity contribution in [2.45, 2.75) is 52.9 Å². The van der Waals surface area contributed by atoms with Gasteiger partial charge in [-0.3, -0.25) is 37.4 Å². The van der Waals surface area contributed by atoms with Gasteiger partial charge in [0, 0.05) is 50.8 Å². The maximum atomic E-state index is 13.5. The largest absolute Gasteiger partial charge is 0.463 e. The van der Waals surface area contributed by atoms with Crippen LogP contribution in [0.5, 0.6) is 0 Å². The number of carbonyl (C=O) groups is 2. The van der Waals surface area contributed by atoms with Crippen LogP contribution in [-0.4, -0.2) is 203 Å². The molecule has 0 spiro atoms. The maximum absolute atomic E-state index is 13.5. The molecule has 0 saturated heterocycles. The molecule has 0 saturated carbocycles. The highest BCUT2D eigenvalue weighted by Crippen LogP contribution is 2.08. The highest BCUT2D eigenvalue weighted by atomic mass is 16.6. The van der Waals surface area contributed by atoms with Gasteiger partial charge < -0.3 is 66.3 Å². The lowest BCUT2D eigenvalue weighted by molar-refractivity contribution is -0.146. The quantitative estimate of drug-likeness (QED) is 0.0548. The van der Waals surface area contributed by atoms with Gasteiger partial charge >= 0.3 is 23.3 Å². The Morgan fingerprint density at radius 2 is 0.676 bits per heavy atom. The van der Waals surface area contributed by atoms with Crippen LogP contribution in [0.3, 0.4) is 0 Å². The molecule has 0 unspecified atom stereocenters. The summed E-state index contributed by atoms with van der Waals surface area (Å²) in [5.41, 5.74) is -0.544. The Labute approximate surface area is 431 Å². The second kappa shape index (κ2) is 40.4. The van der Waals surface area contributed by atoms with Crippen molar-refractivity contribution in [3.05, 3.63) is 101 Å². The lowest BCUT2D eigenvalue weighted by atomic mass is 10.1. The van der Waals surface area contributed by atoms with Crippen LogP contribution >= 0.6 is 0 Å². The second-order valence-electron chi connectivity index (χ2n) is 16.2. The molecular formula is C50H78N4O20. The fourth-order valence-corrected chi connectivity index (χ4v) is 6.63. The molecule has 1 aromatic carbocycles. The summed E-state index contributed by atoms with van der Waals surface area (Å²) in [6, 6.07) is 6.83. The van der Waals surface area contributed by atoms with E-state index < -0.39 is 34.4 Å². The van der Waals surface area contributed by atoms with E-state index in [4.69, 9.17) is 66.3 Å². The SMILES string of the molecule is COCCOCCOCCOCCOCCOCCOC(=O)CCn1cc(C)c(=O)n(Cc2cccc(Cn3c(=O)c(C)cn(CCC(=O)OCCOCCOCCOCCOCCOCCOC)c3=O)c2)c1=O. The van der Waals surface area contributed by atoms with Gasteiger partial charge in [-0.25, -0.2) is 9.59 Å². The van der Waals surface area contributed by atoms with Crippen LogP contribution in [0.25, 0.3) is 0 Å². The molecule has 0 aliphatic rings. The summed E-state index contributed by atoms with van der Waals surface area (Å²) >= 11 is 0. The van der Waals surface area contributed by atoms with E-state index in [0.717, 1.165) is 9.13 Å². The molecule has 24 nitrogen and oxygen atoms in total. The Morgan fingerprint density at radius 1 is 0.405 bits per heavy atom. The van der Waals surface area contributed by atoms with Gasteiger partial charge in [0.05, 0.1) is 171 Å². The Morgan fingerprint density at radius 3 is 0.959 bits per heavy atom. The highest BCUT2D eigenvalue weighted by Gasteiger charge is 2.15. The molecular weight excluding hydrogens is 977 g/mol. The lowest BCUT2D eigenvalue weighted by Gasteiger charge is -2.14. The summed E-state index contributed by atoms with van der Waals surface area (Å²) in [6.45, 7) is 12.0. The number of rotatable bonds is 46. The van der Waals surface area contributed by atoms with E-state index in [9.17, 15) is 28.8 Å². The number of carbonyl (C=O) groups excluding carboxylic acids is 2. The number of ether oxygens (including phenoxy) is 14. The van der Waals surface area contributed by atoms with Crippen LogP contribution in [0.2, 0.25) is 0 Å². The van der Waals surface area contributed by atoms with Crippen LogP contribution < -0.4 is 22.5 Å². The van der Waals surface area contributed by atoms with Crippen molar-refractivity contribution in [1.29, 1.82) is 0 Å². The van der Waals surface area contributed by atoms with Crippen LogP contribution in [0, 0.1) is 13.8 Å². The van der Waals surface area contributed by atoms with Gasteiger partial charge in [0.15, 0.2) is 0 Å². The molecule has 3 aromatic rings. The van der Waals surface area contributed by atoms with E-state index in [0.29, 0.717) is 154 Å². The van der Waals surface area contributed by atoms with E-state index >= 15 is 0 Å². The number of nitrogens with zero attached hydrogens (tertiary/aromatic N) is 4. The van der Waals surface area contributed by atoms with Gasteiger partial charge in [0.1, 0.15) is 13.2 Å². The summed E-state index contributed by atoms with van der Waals surface area (Å²) in [4.78, 5) is 78.4. The molecule has 0 fully saturated rings. The minimum absolute atomic E-state index is 0.0136. The van der Waals surface area contributed by atoms with Crippen molar-refractivity contribution in [3.63, 3.8) is 0 Å². The molecule has 2 aromatic heterocycles. The van der Waals surface area contributed by atoms with Crippen LogP contribution in [0.1, 0.15) is 35.1 Å². The molecule has 0 bridgehead atoms. The topological polar surface area (TPSA) is 251 Å². The summed E-state index contributed by atoms with van der Waals surface area (Å²) in [7, 11) is 3.24. The third-order valence-corrected chi connectivity index (χ3v) is 10.4. The number of esters is 2. The van der Waals surface area contributed by atoms with E-state index in [2.05, 4.69) is 0 Å². The minimum atomic E-state index is -0.623. The third kappa shape index (κ3) is 27.5. The number of hydrogen-bond acceptors (Lipinski definition) is 20. The second-order valence-corrected chi connectivity index (χ2v) is 16.2. The molecule has 3 rings (SSSR count). The first-order valence-corrected chi connectivity index (χ1v) is 24.8. The number of hydrogen-bond donors (Lipinski definition) is 0. The van der Waals surface area contributed by atoms with Crippen molar-refractivity contribution in [2.24, 2.45) is 0 Å². The average molecular weight is 1060 g/mol. The lowest BCUT2D eigenvalue weighted by Crippen LogP contribution is -2.41. The van der Waals surface area contributed by atoms with Gasteiger partial charge in [-0.05, 0) is 25.0 Å². The summed E-state index contributed by atoms with van der Waals surface area (Å²) in [5.74, 6) is -1.09. The van der Waals surface area contributed by atoms with Crippen LogP contribution in [-0.2, 0) is 102 Å². The zero-order chi connectivity index (χ0) is 53.4. The average Bonchev–Trinajstić information content (AvgIpc) is 3.39. The fourth-order valence-electron chi connectivity index (χ4n) is 6.63. The zero-order valence-electron chi connectivity index (χ0n) is 43.6. The van der Waals surface area contributed by atoms with Crippen molar-refractivity contribution in [2.75, 3.05) is 173 Å². The van der Waals surface area contributed by atoms with Gasteiger partial charge in [-0.2, -0.15) is 0 Å². The molecule has 0 atom stereocenters. The monoisotopic (exact) mass is 1050 g/mol. The first-order valence-electron chi connectivity index (χ1n) is 24.8. The van der Waals surface area contributed by atoms with Gasteiger partial charge in [0.2, 0.25) is 0 Å². The van der Waals surface area contributed by atoms with Crippen LogP contribution in [0.4, 0.5) is 0 Å². The van der Waals surface area contributed by atoms with E-state index in [-0.39, 0.29) is 65.4 Å². The molecule has 74 heavy (non-hydrogen) atoms. The highest BCUT2D eigenvalue weighted by molar-refractivity contribution is 5.69. The number of aromatic nitrogens is 4. The Kier molecular flexibility index (Phi) is 34.5. The molecule has 0 amide bonds. The molecule has 0 radical (unpaired) electrons. The van der Waals surface area contributed by atoms with Gasteiger partial charge in [-0.15, -0.1) is 0 Å². The fraction of sp³-hybridized carbons (Fsp3) is 0.680.